The Hall–Kier alpha value is -2.61. The molecule has 0 amide bonds. The lowest BCUT2D eigenvalue weighted by Gasteiger charge is -2.10. The number of benzene rings is 1. The van der Waals surface area contributed by atoms with Crippen molar-refractivity contribution >= 4 is 15.7 Å². The van der Waals surface area contributed by atoms with E-state index in [1.54, 1.807) is 32.5 Å². The van der Waals surface area contributed by atoms with Crippen molar-refractivity contribution in [1.29, 1.82) is 0 Å². The van der Waals surface area contributed by atoms with Crippen LogP contribution in [0.3, 0.4) is 0 Å². The zero-order valence-electron chi connectivity index (χ0n) is 16.5. The number of sulfonamides is 1. The summed E-state index contributed by atoms with van der Waals surface area (Å²) in [5.41, 5.74) is 5.32. The first kappa shape index (κ1) is 19.2. The lowest BCUT2D eigenvalue weighted by atomic mass is 10.1. The summed E-state index contributed by atoms with van der Waals surface area (Å²) < 4.78 is 32.0. The molecule has 27 heavy (non-hydrogen) atoms. The van der Waals surface area contributed by atoms with Gasteiger partial charge in [0.25, 0.3) is 10.0 Å². The van der Waals surface area contributed by atoms with Crippen LogP contribution < -0.4 is 4.72 Å². The average molecular weight is 388 g/mol. The van der Waals surface area contributed by atoms with Gasteiger partial charge in [-0.2, -0.15) is 10.2 Å². The van der Waals surface area contributed by atoms with Crippen molar-refractivity contribution in [2.45, 2.75) is 46.1 Å². The largest absolute Gasteiger partial charge is 0.276 e. The number of aromatic nitrogens is 4. The number of hydrogen-bond acceptors (Lipinski definition) is 4. The third-order valence-corrected chi connectivity index (χ3v) is 6.38. The van der Waals surface area contributed by atoms with Crippen LogP contribution in [0.2, 0.25) is 0 Å². The summed E-state index contributed by atoms with van der Waals surface area (Å²) in [5, 5.41) is 8.73. The van der Waals surface area contributed by atoms with Gasteiger partial charge in [0, 0.05) is 7.05 Å². The van der Waals surface area contributed by atoms with Gasteiger partial charge in [-0.15, -0.1) is 0 Å². The van der Waals surface area contributed by atoms with Crippen LogP contribution in [0.15, 0.2) is 29.2 Å². The molecule has 144 valence electrons. The first-order chi connectivity index (χ1) is 12.6. The molecule has 3 aromatic rings. The van der Waals surface area contributed by atoms with Crippen LogP contribution in [0.25, 0.3) is 0 Å². The molecule has 0 unspecified atom stereocenters. The number of nitrogens with one attached hydrogen (secondary N) is 1. The molecule has 1 aromatic carbocycles. The highest BCUT2D eigenvalue weighted by Gasteiger charge is 2.26. The minimum absolute atomic E-state index is 0.218. The minimum Gasteiger partial charge on any atom is -0.276 e. The highest BCUT2D eigenvalue weighted by atomic mass is 32.2. The van der Waals surface area contributed by atoms with Crippen LogP contribution in [0, 0.1) is 34.6 Å². The number of hydrogen-bond donors (Lipinski definition) is 1. The molecule has 3 rings (SSSR count). The number of nitrogens with zero attached hydrogens (tertiary/aromatic N) is 4. The van der Waals surface area contributed by atoms with Crippen molar-refractivity contribution in [3.05, 3.63) is 58.2 Å². The van der Waals surface area contributed by atoms with Crippen LogP contribution in [0.5, 0.6) is 0 Å². The molecule has 0 aliphatic carbocycles. The van der Waals surface area contributed by atoms with E-state index in [-0.39, 0.29) is 4.90 Å². The Morgan fingerprint density at radius 3 is 2.11 bits per heavy atom. The van der Waals surface area contributed by atoms with E-state index in [0.29, 0.717) is 29.3 Å². The van der Waals surface area contributed by atoms with Gasteiger partial charge in [0.05, 0.1) is 35.0 Å². The van der Waals surface area contributed by atoms with Crippen LogP contribution >= 0.6 is 0 Å². The summed E-state index contributed by atoms with van der Waals surface area (Å²) in [5.74, 6) is 0. The first-order valence-corrected chi connectivity index (χ1v) is 10.2. The third-order valence-electron chi connectivity index (χ3n) is 4.78. The van der Waals surface area contributed by atoms with Crippen LogP contribution in [-0.4, -0.2) is 28.0 Å². The standard InChI is InChI=1S/C19H25N5O2S/c1-12-7-9-17(10-8-12)11-24-15(4)18(13(2)21-24)22-27(25,26)19-14(3)20-23(6)16(19)5/h7-10,22H,11H2,1-6H3. The predicted molar refractivity (Wildman–Crippen MR) is 105 cm³/mol. The minimum atomic E-state index is -3.75. The lowest BCUT2D eigenvalue weighted by molar-refractivity contribution is 0.599. The number of aryl methyl sites for hydroxylation is 4. The van der Waals surface area contributed by atoms with Crippen LogP contribution in [-0.2, 0) is 23.6 Å². The quantitative estimate of drug-likeness (QED) is 0.730. The van der Waals surface area contributed by atoms with Gasteiger partial charge in [-0.3, -0.25) is 14.1 Å². The first-order valence-electron chi connectivity index (χ1n) is 8.72. The van der Waals surface area contributed by atoms with E-state index in [2.05, 4.69) is 39.2 Å². The Morgan fingerprint density at radius 1 is 0.926 bits per heavy atom. The van der Waals surface area contributed by atoms with E-state index in [0.717, 1.165) is 11.3 Å². The van der Waals surface area contributed by atoms with E-state index in [1.807, 2.05) is 18.5 Å². The van der Waals surface area contributed by atoms with Gasteiger partial charge in [-0.1, -0.05) is 29.8 Å². The molecule has 8 heteroatoms. The van der Waals surface area contributed by atoms with Gasteiger partial charge < -0.3 is 0 Å². The molecule has 0 spiro atoms. The average Bonchev–Trinajstić information content (AvgIpc) is 2.99. The summed E-state index contributed by atoms with van der Waals surface area (Å²) in [4.78, 5) is 0.218. The smallest absolute Gasteiger partial charge is 0.265 e. The maximum Gasteiger partial charge on any atom is 0.265 e. The number of anilines is 1. The molecule has 0 aliphatic rings. The topological polar surface area (TPSA) is 81.8 Å². The van der Waals surface area contributed by atoms with Crippen molar-refractivity contribution in [1.82, 2.24) is 19.6 Å². The predicted octanol–water partition coefficient (Wildman–Crippen LogP) is 3.01. The van der Waals surface area contributed by atoms with Crippen molar-refractivity contribution in [3.63, 3.8) is 0 Å². The molecular formula is C19H25N5O2S. The van der Waals surface area contributed by atoms with Crippen LogP contribution in [0.1, 0.15) is 33.9 Å². The molecule has 0 saturated carbocycles. The Labute approximate surface area is 160 Å². The third kappa shape index (κ3) is 3.62. The highest BCUT2D eigenvalue weighted by molar-refractivity contribution is 7.92. The Bertz CT molecular complexity index is 1090. The Kier molecular flexibility index (Phi) is 4.86. The maximum atomic E-state index is 13.0. The fourth-order valence-corrected chi connectivity index (χ4v) is 4.81. The van der Waals surface area contributed by atoms with Crippen molar-refractivity contribution in [2.75, 3.05) is 4.72 Å². The summed E-state index contributed by atoms with van der Waals surface area (Å²) in [7, 11) is -2.02. The zero-order valence-corrected chi connectivity index (χ0v) is 17.3. The molecule has 0 saturated heterocycles. The van der Waals surface area contributed by atoms with E-state index in [9.17, 15) is 8.42 Å². The molecule has 0 radical (unpaired) electrons. The van der Waals surface area contributed by atoms with Gasteiger partial charge >= 0.3 is 0 Å². The molecule has 1 N–H and O–H groups in total. The SMILES string of the molecule is Cc1ccc(Cn2nc(C)c(NS(=O)(=O)c3c(C)nn(C)c3C)c2C)cc1. The normalized spacial score (nSPS) is 11.8. The lowest BCUT2D eigenvalue weighted by Crippen LogP contribution is -2.16. The van der Waals surface area contributed by atoms with Gasteiger partial charge in [0.15, 0.2) is 0 Å². The van der Waals surface area contributed by atoms with E-state index >= 15 is 0 Å². The van der Waals surface area contributed by atoms with E-state index in [1.165, 1.54) is 5.56 Å². The maximum absolute atomic E-state index is 13.0. The van der Waals surface area contributed by atoms with Gasteiger partial charge in [-0.25, -0.2) is 8.42 Å². The summed E-state index contributed by atoms with van der Waals surface area (Å²) in [6.45, 7) is 9.74. The molecule has 0 atom stereocenters. The van der Waals surface area contributed by atoms with E-state index in [4.69, 9.17) is 0 Å². The van der Waals surface area contributed by atoms with Gasteiger partial charge in [-0.05, 0) is 40.2 Å². The van der Waals surface area contributed by atoms with E-state index < -0.39 is 10.0 Å². The Balaban J connectivity index is 1.94. The second-order valence-corrected chi connectivity index (χ2v) is 8.54. The fourth-order valence-electron chi connectivity index (χ4n) is 3.19. The second kappa shape index (κ2) is 6.84. The molecule has 0 aliphatic heterocycles. The van der Waals surface area contributed by atoms with Gasteiger partial charge in [0.1, 0.15) is 4.90 Å². The number of rotatable bonds is 5. The highest BCUT2D eigenvalue weighted by Crippen LogP contribution is 2.26. The summed E-state index contributed by atoms with van der Waals surface area (Å²) in [6, 6.07) is 8.22. The molecule has 2 heterocycles. The van der Waals surface area contributed by atoms with Crippen molar-refractivity contribution in [2.24, 2.45) is 7.05 Å². The van der Waals surface area contributed by atoms with Crippen LogP contribution in [0.4, 0.5) is 5.69 Å². The monoisotopic (exact) mass is 387 g/mol. The molecule has 0 bridgehead atoms. The fraction of sp³-hybridized carbons (Fsp3) is 0.368. The summed E-state index contributed by atoms with van der Waals surface area (Å²) >= 11 is 0. The zero-order chi connectivity index (χ0) is 19.9. The van der Waals surface area contributed by atoms with Crippen molar-refractivity contribution < 1.29 is 8.42 Å². The molecule has 7 nitrogen and oxygen atoms in total. The van der Waals surface area contributed by atoms with Gasteiger partial charge in [0.2, 0.25) is 0 Å². The molecular weight excluding hydrogens is 362 g/mol. The second-order valence-electron chi connectivity index (χ2n) is 6.92. The Morgan fingerprint density at radius 2 is 1.56 bits per heavy atom. The summed E-state index contributed by atoms with van der Waals surface area (Å²) in [6.07, 6.45) is 0. The van der Waals surface area contributed by atoms with Crippen molar-refractivity contribution in [3.8, 4) is 0 Å². The molecule has 0 fully saturated rings. The molecule has 2 aromatic heterocycles.